The van der Waals surface area contributed by atoms with Crippen molar-refractivity contribution in [1.82, 2.24) is 18.7 Å². The van der Waals surface area contributed by atoms with Gasteiger partial charge < -0.3 is 4.74 Å². The molecule has 0 aliphatic carbocycles. The van der Waals surface area contributed by atoms with E-state index < -0.39 is 11.5 Å². The summed E-state index contributed by atoms with van der Waals surface area (Å²) in [6.45, 7) is 8.12. The molecule has 1 aliphatic heterocycles. The molecule has 0 unspecified atom stereocenters. The highest BCUT2D eigenvalue weighted by Gasteiger charge is 2.38. The zero-order chi connectivity index (χ0) is 31.3. The molecule has 44 heavy (non-hydrogen) atoms. The van der Waals surface area contributed by atoms with Crippen molar-refractivity contribution in [3.63, 3.8) is 0 Å². The van der Waals surface area contributed by atoms with E-state index in [4.69, 9.17) is 17.0 Å². The molecule has 1 aliphatic rings. The van der Waals surface area contributed by atoms with Crippen LogP contribution in [0.3, 0.4) is 0 Å². The lowest BCUT2D eigenvalue weighted by Crippen LogP contribution is -2.33. The highest BCUT2D eigenvalue weighted by atomic mass is 32.2. The fourth-order valence-electron chi connectivity index (χ4n) is 5.02. The van der Waals surface area contributed by atoms with E-state index in [2.05, 4.69) is 25.8 Å². The van der Waals surface area contributed by atoms with Crippen molar-refractivity contribution >= 4 is 51.6 Å². The monoisotopic (exact) mass is 623 g/mol. The second kappa shape index (κ2) is 11.1. The SMILES string of the molecule is Cc1c(N2C(=O)/C(=C/c3c(Oc4ccc(C(C)(C)C)cc4)nc4ccccn4c3=O)SC2=S)c(=O)n(-c2ccccc2)n1C. The molecule has 0 saturated carbocycles. The van der Waals surface area contributed by atoms with Crippen molar-refractivity contribution in [2.75, 3.05) is 4.90 Å². The summed E-state index contributed by atoms with van der Waals surface area (Å²) < 4.78 is 10.9. The van der Waals surface area contributed by atoms with Crippen LogP contribution in [0.4, 0.5) is 5.69 Å². The van der Waals surface area contributed by atoms with Gasteiger partial charge in [0.15, 0.2) is 4.32 Å². The van der Waals surface area contributed by atoms with E-state index in [9.17, 15) is 14.4 Å². The standard InChI is InChI=1S/C33H29N5O4S2/c1-20-27(31(41)38(35(20)5)22-11-7-6-8-12-22)37-30(40)25(44-32(37)43)19-24-28(34-26-13-9-10-18-36(26)29(24)39)42-23-16-14-21(15-17-23)33(2,3)4/h6-19H,1-5H3/b25-19-. The van der Waals surface area contributed by atoms with E-state index in [1.54, 1.807) is 43.0 Å². The second-order valence-electron chi connectivity index (χ2n) is 11.4. The van der Waals surface area contributed by atoms with Crippen LogP contribution < -0.4 is 20.8 Å². The van der Waals surface area contributed by atoms with E-state index in [-0.39, 0.29) is 37.3 Å². The molecular weight excluding hydrogens is 595 g/mol. The molecule has 5 aromatic rings. The van der Waals surface area contributed by atoms with Crippen LogP contribution in [-0.4, -0.2) is 29.0 Å². The summed E-state index contributed by atoms with van der Waals surface area (Å²) in [5.74, 6) is 0.0371. The van der Waals surface area contributed by atoms with E-state index in [0.717, 1.165) is 17.3 Å². The summed E-state index contributed by atoms with van der Waals surface area (Å²) in [6, 6.07) is 22.0. The molecule has 1 saturated heterocycles. The fraction of sp³-hybridized carbons (Fsp3) is 0.182. The van der Waals surface area contributed by atoms with Crippen LogP contribution in [0.1, 0.15) is 37.6 Å². The van der Waals surface area contributed by atoms with Crippen LogP contribution in [0.25, 0.3) is 17.4 Å². The number of carbonyl (C=O) groups excluding carboxylic acids is 1. The number of rotatable bonds is 5. The maximum absolute atomic E-state index is 13.9. The Balaban J connectivity index is 1.43. The number of benzene rings is 2. The Morgan fingerprint density at radius 2 is 1.59 bits per heavy atom. The number of fused-ring (bicyclic) bond motifs is 1. The van der Waals surface area contributed by atoms with Crippen LogP contribution in [-0.2, 0) is 17.3 Å². The third-order valence-electron chi connectivity index (χ3n) is 7.49. The van der Waals surface area contributed by atoms with E-state index in [1.165, 1.54) is 20.1 Å². The van der Waals surface area contributed by atoms with E-state index >= 15 is 0 Å². The first-order valence-corrected chi connectivity index (χ1v) is 15.1. The molecular formula is C33H29N5O4S2. The van der Waals surface area contributed by atoms with Crippen molar-refractivity contribution < 1.29 is 9.53 Å². The molecule has 1 fully saturated rings. The highest BCUT2D eigenvalue weighted by molar-refractivity contribution is 8.27. The molecule has 0 spiro atoms. The van der Waals surface area contributed by atoms with Gasteiger partial charge in [-0.2, -0.15) is 4.98 Å². The summed E-state index contributed by atoms with van der Waals surface area (Å²) in [5.41, 5.74) is 2.14. The Bertz CT molecular complexity index is 2100. The molecule has 4 heterocycles. The molecule has 1 amide bonds. The predicted molar refractivity (Wildman–Crippen MR) is 178 cm³/mol. The van der Waals surface area contributed by atoms with Gasteiger partial charge in [0.05, 0.1) is 16.3 Å². The first-order valence-electron chi connectivity index (χ1n) is 13.9. The van der Waals surface area contributed by atoms with Crippen LogP contribution >= 0.6 is 24.0 Å². The van der Waals surface area contributed by atoms with Gasteiger partial charge in [0.25, 0.3) is 17.0 Å². The van der Waals surface area contributed by atoms with Crippen molar-refractivity contribution in [1.29, 1.82) is 0 Å². The van der Waals surface area contributed by atoms with Crippen molar-refractivity contribution in [3.8, 4) is 17.3 Å². The smallest absolute Gasteiger partial charge is 0.296 e. The minimum atomic E-state index is -0.510. The molecule has 9 nitrogen and oxygen atoms in total. The normalized spacial score (nSPS) is 14.7. The number of hydrogen-bond donors (Lipinski definition) is 0. The largest absolute Gasteiger partial charge is 0.438 e. The average Bonchev–Trinajstić information content (AvgIpc) is 3.39. The maximum atomic E-state index is 13.9. The minimum Gasteiger partial charge on any atom is -0.438 e. The Morgan fingerprint density at radius 1 is 0.909 bits per heavy atom. The number of thioether (sulfide) groups is 1. The van der Waals surface area contributed by atoms with Crippen LogP contribution in [0.5, 0.6) is 11.6 Å². The topological polar surface area (TPSA) is 90.8 Å². The lowest BCUT2D eigenvalue weighted by atomic mass is 9.87. The van der Waals surface area contributed by atoms with Gasteiger partial charge in [-0.05, 0) is 60.4 Å². The molecule has 11 heteroatoms. The number of carbonyl (C=O) groups is 1. The zero-order valence-corrected chi connectivity index (χ0v) is 26.4. The summed E-state index contributed by atoms with van der Waals surface area (Å²) in [5, 5.41) is 0. The Morgan fingerprint density at radius 3 is 2.27 bits per heavy atom. The van der Waals surface area contributed by atoms with E-state index in [1.807, 2.05) is 54.6 Å². The number of ether oxygens (including phenoxy) is 1. The van der Waals surface area contributed by atoms with E-state index in [0.29, 0.717) is 22.8 Å². The average molecular weight is 624 g/mol. The fourth-order valence-corrected chi connectivity index (χ4v) is 6.27. The number of nitrogens with zero attached hydrogens (tertiary/aromatic N) is 5. The number of amides is 1. The molecule has 0 N–H and O–H groups in total. The van der Waals surface area contributed by atoms with Crippen LogP contribution in [0, 0.1) is 6.92 Å². The van der Waals surface area contributed by atoms with Gasteiger partial charge >= 0.3 is 0 Å². The lowest BCUT2D eigenvalue weighted by molar-refractivity contribution is -0.113. The molecule has 2 aromatic carbocycles. The Labute approximate surface area is 263 Å². The summed E-state index contributed by atoms with van der Waals surface area (Å²) >= 11 is 6.62. The third kappa shape index (κ3) is 5.07. The number of pyridine rings is 1. The number of para-hydroxylation sites is 1. The number of thiocarbonyl (C=S) groups is 1. The van der Waals surface area contributed by atoms with Gasteiger partial charge in [-0.1, -0.05) is 81.1 Å². The van der Waals surface area contributed by atoms with Gasteiger partial charge in [0.2, 0.25) is 5.88 Å². The van der Waals surface area contributed by atoms with Crippen molar-refractivity contribution in [3.05, 3.63) is 121 Å². The summed E-state index contributed by atoms with van der Waals surface area (Å²) in [4.78, 5) is 47.3. The number of aromatic nitrogens is 4. The molecule has 3 aromatic heterocycles. The minimum absolute atomic E-state index is 0.0418. The van der Waals surface area contributed by atoms with Gasteiger partial charge in [-0.15, -0.1) is 0 Å². The van der Waals surface area contributed by atoms with Crippen molar-refractivity contribution in [2.45, 2.75) is 33.1 Å². The number of anilines is 1. The second-order valence-corrected chi connectivity index (χ2v) is 13.0. The number of hydrogen-bond acceptors (Lipinski definition) is 7. The molecule has 0 bridgehead atoms. The first-order chi connectivity index (χ1) is 21.0. The molecule has 0 radical (unpaired) electrons. The van der Waals surface area contributed by atoms with Crippen LogP contribution in [0.15, 0.2) is 93.5 Å². The van der Waals surface area contributed by atoms with Crippen LogP contribution in [0.2, 0.25) is 0 Å². The Hall–Kier alpha value is -4.74. The highest BCUT2D eigenvalue weighted by Crippen LogP contribution is 2.37. The first kappa shape index (κ1) is 29.3. The maximum Gasteiger partial charge on any atom is 0.296 e. The third-order valence-corrected chi connectivity index (χ3v) is 8.79. The zero-order valence-electron chi connectivity index (χ0n) is 24.8. The Kier molecular flexibility index (Phi) is 7.38. The summed E-state index contributed by atoms with van der Waals surface area (Å²) in [7, 11) is 1.75. The molecule has 0 atom stereocenters. The molecule has 222 valence electrons. The lowest BCUT2D eigenvalue weighted by Gasteiger charge is -2.19. The van der Waals surface area contributed by atoms with Gasteiger partial charge in [-0.3, -0.25) is 28.4 Å². The quantitative estimate of drug-likeness (QED) is 0.176. The molecule has 6 rings (SSSR count). The van der Waals surface area contributed by atoms with Crippen molar-refractivity contribution in [2.24, 2.45) is 7.05 Å². The van der Waals surface area contributed by atoms with Gasteiger partial charge in [-0.25, -0.2) is 4.68 Å². The van der Waals surface area contributed by atoms with Gasteiger partial charge in [0.1, 0.15) is 22.6 Å². The predicted octanol–water partition coefficient (Wildman–Crippen LogP) is 5.99. The van der Waals surface area contributed by atoms with Gasteiger partial charge in [0, 0.05) is 13.2 Å². The summed E-state index contributed by atoms with van der Waals surface area (Å²) in [6.07, 6.45) is 3.05.